The summed E-state index contributed by atoms with van der Waals surface area (Å²) in [7, 11) is 0. The van der Waals surface area contributed by atoms with Crippen LogP contribution >= 0.6 is 11.8 Å². The molecule has 1 heterocycles. The van der Waals surface area contributed by atoms with Crippen molar-refractivity contribution in [2.75, 3.05) is 0 Å². The zero-order valence-electron chi connectivity index (χ0n) is 12.9. The molecule has 0 amide bonds. The predicted molar refractivity (Wildman–Crippen MR) is 89.9 cm³/mol. The van der Waals surface area contributed by atoms with E-state index >= 15 is 0 Å². The first-order chi connectivity index (χ1) is 11.2. The van der Waals surface area contributed by atoms with Crippen LogP contribution in [0.5, 0.6) is 0 Å². The predicted octanol–water partition coefficient (Wildman–Crippen LogP) is 4.52. The Morgan fingerprint density at radius 3 is 2.70 bits per heavy atom. The molecule has 23 heavy (non-hydrogen) atoms. The van der Waals surface area contributed by atoms with Crippen LogP contribution in [0, 0.1) is 25.2 Å². The molecule has 5 heteroatoms. The van der Waals surface area contributed by atoms with Gasteiger partial charge in [0.15, 0.2) is 0 Å². The number of aryl methyl sites for hydroxylation is 2. The van der Waals surface area contributed by atoms with Gasteiger partial charge in [-0.25, -0.2) is 0 Å². The maximum absolute atomic E-state index is 9.11. The Morgan fingerprint density at radius 2 is 1.91 bits per heavy atom. The molecule has 2 aromatic carbocycles. The van der Waals surface area contributed by atoms with Crippen LogP contribution < -0.4 is 0 Å². The fourth-order valence-corrected chi connectivity index (χ4v) is 2.92. The van der Waals surface area contributed by atoms with Gasteiger partial charge in [0.1, 0.15) is 0 Å². The molecule has 0 saturated carbocycles. The largest absolute Gasteiger partial charge is 0.411 e. The van der Waals surface area contributed by atoms with Gasteiger partial charge < -0.3 is 4.42 Å². The van der Waals surface area contributed by atoms with Gasteiger partial charge in [-0.2, -0.15) is 5.26 Å². The summed E-state index contributed by atoms with van der Waals surface area (Å²) >= 11 is 1.43. The molecule has 0 spiro atoms. The number of nitrogens with zero attached hydrogens (tertiary/aromatic N) is 3. The number of rotatable bonds is 4. The summed E-state index contributed by atoms with van der Waals surface area (Å²) in [6.07, 6.45) is 0. The molecular weight excluding hydrogens is 306 g/mol. The van der Waals surface area contributed by atoms with Crippen molar-refractivity contribution in [3.05, 3.63) is 64.7 Å². The van der Waals surface area contributed by atoms with Gasteiger partial charge in [0.05, 0.1) is 11.6 Å². The Kier molecular flexibility index (Phi) is 4.45. The van der Waals surface area contributed by atoms with Crippen LogP contribution in [0.15, 0.2) is 52.1 Å². The quantitative estimate of drug-likeness (QED) is 0.661. The van der Waals surface area contributed by atoms with Crippen molar-refractivity contribution in [2.45, 2.75) is 24.8 Å². The summed E-state index contributed by atoms with van der Waals surface area (Å²) in [6, 6.07) is 15.8. The van der Waals surface area contributed by atoms with Crippen molar-refractivity contribution in [3.63, 3.8) is 0 Å². The molecule has 114 valence electrons. The zero-order chi connectivity index (χ0) is 16.2. The summed E-state index contributed by atoms with van der Waals surface area (Å²) in [6.45, 7) is 4.13. The van der Waals surface area contributed by atoms with Crippen molar-refractivity contribution >= 4 is 11.8 Å². The van der Waals surface area contributed by atoms with Crippen molar-refractivity contribution in [2.24, 2.45) is 0 Å². The van der Waals surface area contributed by atoms with Crippen LogP contribution in [0.25, 0.3) is 11.5 Å². The fraction of sp³-hybridized carbons (Fsp3) is 0.167. The maximum atomic E-state index is 9.11. The monoisotopic (exact) mass is 321 g/mol. The summed E-state index contributed by atoms with van der Waals surface area (Å²) in [5.41, 5.74) is 4.98. The lowest BCUT2D eigenvalue weighted by Crippen LogP contribution is -1.86. The van der Waals surface area contributed by atoms with E-state index in [1.165, 1.54) is 22.9 Å². The van der Waals surface area contributed by atoms with E-state index in [-0.39, 0.29) is 0 Å². The van der Waals surface area contributed by atoms with E-state index in [2.05, 4.69) is 30.1 Å². The molecule has 3 aromatic rings. The van der Waals surface area contributed by atoms with Crippen LogP contribution in [-0.4, -0.2) is 10.2 Å². The molecular formula is C18H15N3OS. The minimum atomic E-state index is 0.506. The summed E-state index contributed by atoms with van der Waals surface area (Å²) in [5, 5.41) is 17.8. The Hall–Kier alpha value is -2.58. The molecule has 0 saturated heterocycles. The Bertz CT molecular complexity index is 880. The van der Waals surface area contributed by atoms with E-state index in [0.717, 1.165) is 11.1 Å². The third kappa shape index (κ3) is 3.43. The van der Waals surface area contributed by atoms with E-state index in [9.17, 15) is 0 Å². The lowest BCUT2D eigenvalue weighted by molar-refractivity contribution is 0.466. The van der Waals surface area contributed by atoms with E-state index in [4.69, 9.17) is 9.68 Å². The Morgan fingerprint density at radius 1 is 1.09 bits per heavy atom. The van der Waals surface area contributed by atoms with Gasteiger partial charge in [-0.3, -0.25) is 0 Å². The van der Waals surface area contributed by atoms with Gasteiger partial charge in [-0.15, -0.1) is 10.2 Å². The highest BCUT2D eigenvalue weighted by atomic mass is 32.2. The molecule has 0 bridgehead atoms. The highest BCUT2D eigenvalue weighted by Gasteiger charge is 2.11. The highest BCUT2D eigenvalue weighted by Crippen LogP contribution is 2.27. The molecule has 0 aliphatic carbocycles. The number of benzene rings is 2. The molecule has 0 aliphatic rings. The van der Waals surface area contributed by atoms with Crippen molar-refractivity contribution in [1.29, 1.82) is 5.26 Å². The van der Waals surface area contributed by atoms with Crippen LogP contribution in [0.2, 0.25) is 0 Å². The van der Waals surface area contributed by atoms with Crippen LogP contribution in [-0.2, 0) is 5.75 Å². The van der Waals surface area contributed by atoms with Gasteiger partial charge in [-0.1, -0.05) is 36.0 Å². The molecule has 0 N–H and O–H groups in total. The minimum absolute atomic E-state index is 0.506. The third-order valence-corrected chi connectivity index (χ3v) is 4.52. The first-order valence-corrected chi connectivity index (χ1v) is 8.18. The summed E-state index contributed by atoms with van der Waals surface area (Å²) in [5.74, 6) is 1.14. The van der Waals surface area contributed by atoms with Crippen LogP contribution in [0.4, 0.5) is 0 Å². The van der Waals surface area contributed by atoms with E-state index < -0.39 is 0 Å². The summed E-state index contributed by atoms with van der Waals surface area (Å²) < 4.78 is 5.72. The molecule has 0 unspecified atom stereocenters. The van der Waals surface area contributed by atoms with Crippen LogP contribution in [0.3, 0.4) is 0 Å². The lowest BCUT2D eigenvalue weighted by atomic mass is 10.1. The third-order valence-electron chi connectivity index (χ3n) is 3.65. The van der Waals surface area contributed by atoms with Gasteiger partial charge in [-0.05, 0) is 48.7 Å². The van der Waals surface area contributed by atoms with E-state index in [0.29, 0.717) is 22.4 Å². The van der Waals surface area contributed by atoms with Crippen molar-refractivity contribution in [3.8, 4) is 17.5 Å². The molecule has 3 rings (SSSR count). The second-order valence-electron chi connectivity index (χ2n) is 5.23. The van der Waals surface area contributed by atoms with E-state index in [1.54, 1.807) is 0 Å². The van der Waals surface area contributed by atoms with Crippen molar-refractivity contribution < 1.29 is 4.42 Å². The Balaban J connectivity index is 1.75. The molecule has 1 aromatic heterocycles. The van der Waals surface area contributed by atoms with Gasteiger partial charge >= 0.3 is 0 Å². The standard InChI is InChI=1S/C18H15N3OS/c1-12-7-8-14(9-13(12)2)17-20-21-18(22-17)23-11-16-6-4-3-5-15(16)10-19/h3-9H,11H2,1-2H3. The second kappa shape index (κ2) is 6.67. The molecule has 0 atom stereocenters. The number of nitriles is 1. The second-order valence-corrected chi connectivity index (χ2v) is 6.16. The smallest absolute Gasteiger partial charge is 0.277 e. The normalized spacial score (nSPS) is 10.5. The van der Waals surface area contributed by atoms with E-state index in [1.807, 2.05) is 42.5 Å². The Labute approximate surface area is 139 Å². The van der Waals surface area contributed by atoms with Gasteiger partial charge in [0, 0.05) is 11.3 Å². The van der Waals surface area contributed by atoms with Crippen molar-refractivity contribution in [1.82, 2.24) is 10.2 Å². The number of aromatic nitrogens is 2. The minimum Gasteiger partial charge on any atom is -0.411 e. The summed E-state index contributed by atoms with van der Waals surface area (Å²) in [4.78, 5) is 0. The topological polar surface area (TPSA) is 62.7 Å². The number of thioether (sulfide) groups is 1. The van der Waals surface area contributed by atoms with Gasteiger partial charge in [0.25, 0.3) is 5.22 Å². The average molecular weight is 321 g/mol. The number of hydrogen-bond acceptors (Lipinski definition) is 5. The highest BCUT2D eigenvalue weighted by molar-refractivity contribution is 7.98. The molecule has 0 fully saturated rings. The maximum Gasteiger partial charge on any atom is 0.277 e. The average Bonchev–Trinajstić information content (AvgIpc) is 3.04. The van der Waals surface area contributed by atoms with Crippen LogP contribution in [0.1, 0.15) is 22.3 Å². The molecule has 4 nitrogen and oxygen atoms in total. The lowest BCUT2D eigenvalue weighted by Gasteiger charge is -2.01. The SMILES string of the molecule is Cc1ccc(-c2nnc(SCc3ccccc3C#N)o2)cc1C. The first-order valence-electron chi connectivity index (χ1n) is 7.19. The fourth-order valence-electron chi connectivity index (χ4n) is 2.15. The van der Waals surface area contributed by atoms with Gasteiger partial charge in [0.2, 0.25) is 5.89 Å². The molecule has 0 aliphatic heterocycles. The zero-order valence-corrected chi connectivity index (χ0v) is 13.7. The first kappa shape index (κ1) is 15.3. The molecule has 0 radical (unpaired) electrons. The number of hydrogen-bond donors (Lipinski definition) is 0.